The second-order valence-electron chi connectivity index (χ2n) is 8.10. The van der Waals surface area contributed by atoms with Crippen molar-refractivity contribution in [3.8, 4) is 0 Å². The van der Waals surface area contributed by atoms with Gasteiger partial charge >= 0.3 is 6.03 Å². The zero-order valence-electron chi connectivity index (χ0n) is 16.5. The molecule has 2 aromatic carbocycles. The molecule has 0 radical (unpaired) electrons. The fraction of sp³-hybridized carbons (Fsp3) is 0.318. The number of likely N-dealkylation sites (N-methyl/N-ethyl adjacent to an activating group) is 1. The van der Waals surface area contributed by atoms with E-state index >= 15 is 0 Å². The van der Waals surface area contributed by atoms with Gasteiger partial charge in [0.2, 0.25) is 5.91 Å². The summed E-state index contributed by atoms with van der Waals surface area (Å²) in [6, 6.07) is 13.4. The maximum absolute atomic E-state index is 14.0. The van der Waals surface area contributed by atoms with Gasteiger partial charge < -0.3 is 9.80 Å². The first kappa shape index (κ1) is 19.1. The highest BCUT2D eigenvalue weighted by atomic mass is 35.5. The molecule has 3 aliphatic rings. The van der Waals surface area contributed by atoms with Crippen LogP contribution in [0.25, 0.3) is 0 Å². The smallest absolute Gasteiger partial charge is 0.335 e. The van der Waals surface area contributed by atoms with Gasteiger partial charge in [-0.3, -0.25) is 14.9 Å². The fourth-order valence-corrected chi connectivity index (χ4v) is 5.16. The number of imide groups is 2. The first-order chi connectivity index (χ1) is 14.4. The van der Waals surface area contributed by atoms with Crippen molar-refractivity contribution in [2.75, 3.05) is 36.5 Å². The van der Waals surface area contributed by atoms with Gasteiger partial charge in [-0.1, -0.05) is 41.9 Å². The number of urea groups is 1. The highest BCUT2D eigenvalue weighted by molar-refractivity contribution is 6.37. The molecule has 0 bridgehead atoms. The minimum Gasteiger partial charge on any atom is -0.364 e. The number of rotatable bonds is 1. The van der Waals surface area contributed by atoms with E-state index in [1.54, 1.807) is 24.3 Å². The van der Waals surface area contributed by atoms with Crippen molar-refractivity contribution in [1.82, 2.24) is 10.2 Å². The average Bonchev–Trinajstić information content (AvgIpc) is 2.73. The third kappa shape index (κ3) is 2.58. The van der Waals surface area contributed by atoms with Crippen molar-refractivity contribution in [3.63, 3.8) is 0 Å². The van der Waals surface area contributed by atoms with Crippen LogP contribution < -0.4 is 15.1 Å². The van der Waals surface area contributed by atoms with Crippen molar-refractivity contribution in [2.24, 2.45) is 5.41 Å². The fourth-order valence-electron chi connectivity index (χ4n) is 4.94. The number of carbonyl (C=O) groups is 3. The van der Waals surface area contributed by atoms with E-state index in [1.807, 2.05) is 31.3 Å². The molecule has 7 nitrogen and oxygen atoms in total. The summed E-state index contributed by atoms with van der Waals surface area (Å²) in [4.78, 5) is 45.4. The lowest BCUT2D eigenvalue weighted by atomic mass is 9.67. The topological polar surface area (TPSA) is 73.0 Å². The van der Waals surface area contributed by atoms with Crippen LogP contribution >= 0.6 is 11.6 Å². The predicted octanol–water partition coefficient (Wildman–Crippen LogP) is 2.29. The number of piperazine rings is 1. The van der Waals surface area contributed by atoms with E-state index in [0.29, 0.717) is 13.1 Å². The summed E-state index contributed by atoms with van der Waals surface area (Å²) in [6.45, 7) is 2.06. The molecule has 2 aromatic rings. The predicted molar refractivity (Wildman–Crippen MR) is 114 cm³/mol. The lowest BCUT2D eigenvalue weighted by Gasteiger charge is -2.55. The molecule has 1 N–H and O–H groups in total. The van der Waals surface area contributed by atoms with Gasteiger partial charge in [-0.15, -0.1) is 0 Å². The molecule has 0 unspecified atom stereocenters. The average molecular weight is 425 g/mol. The minimum absolute atomic E-state index is 0.233. The largest absolute Gasteiger partial charge is 0.364 e. The molecule has 154 valence electrons. The van der Waals surface area contributed by atoms with Gasteiger partial charge in [-0.05, 0) is 37.2 Å². The molecule has 3 heterocycles. The van der Waals surface area contributed by atoms with Crippen molar-refractivity contribution in [2.45, 2.75) is 12.5 Å². The molecule has 0 aliphatic carbocycles. The number of hydrogen-bond donors (Lipinski definition) is 1. The Morgan fingerprint density at radius 1 is 1.00 bits per heavy atom. The van der Waals surface area contributed by atoms with Crippen LogP contribution in [-0.2, 0) is 16.0 Å². The lowest BCUT2D eigenvalue weighted by molar-refractivity contribution is -0.145. The molecule has 30 heavy (non-hydrogen) atoms. The molecular formula is C22H21ClN4O3. The van der Waals surface area contributed by atoms with E-state index in [2.05, 4.69) is 15.1 Å². The second-order valence-corrected chi connectivity index (χ2v) is 8.51. The Balaban J connectivity index is 1.69. The van der Waals surface area contributed by atoms with Gasteiger partial charge in [-0.25, -0.2) is 9.69 Å². The number of carbonyl (C=O) groups excluding carboxylic acids is 3. The van der Waals surface area contributed by atoms with Crippen LogP contribution in [-0.4, -0.2) is 55.5 Å². The van der Waals surface area contributed by atoms with Crippen LogP contribution in [0.4, 0.5) is 16.2 Å². The number of amides is 4. The van der Waals surface area contributed by atoms with Crippen molar-refractivity contribution in [1.29, 1.82) is 0 Å². The van der Waals surface area contributed by atoms with E-state index in [9.17, 15) is 14.4 Å². The summed E-state index contributed by atoms with van der Waals surface area (Å²) in [5.74, 6) is -1.07. The Labute approximate surface area is 179 Å². The molecule has 2 fully saturated rings. The maximum Gasteiger partial charge on any atom is 0.335 e. The number of hydrogen-bond acceptors (Lipinski definition) is 5. The van der Waals surface area contributed by atoms with Gasteiger partial charge in [0.1, 0.15) is 0 Å². The number of nitrogens with zero attached hydrogens (tertiary/aromatic N) is 3. The molecule has 3 aliphatic heterocycles. The molecule has 1 spiro atoms. The molecule has 2 saturated heterocycles. The third-order valence-corrected chi connectivity index (χ3v) is 6.75. The van der Waals surface area contributed by atoms with Crippen LogP contribution in [0.2, 0.25) is 5.02 Å². The van der Waals surface area contributed by atoms with E-state index in [-0.39, 0.29) is 17.1 Å². The zero-order chi connectivity index (χ0) is 21.0. The summed E-state index contributed by atoms with van der Waals surface area (Å²) >= 11 is 6.32. The summed E-state index contributed by atoms with van der Waals surface area (Å²) in [5, 5.41) is 2.73. The number of benzene rings is 2. The first-order valence-corrected chi connectivity index (χ1v) is 10.3. The van der Waals surface area contributed by atoms with Crippen LogP contribution in [0.3, 0.4) is 0 Å². The van der Waals surface area contributed by atoms with Gasteiger partial charge in [0.25, 0.3) is 5.91 Å². The van der Waals surface area contributed by atoms with Gasteiger partial charge in [0.15, 0.2) is 5.41 Å². The molecule has 0 saturated carbocycles. The highest BCUT2D eigenvalue weighted by Crippen LogP contribution is 2.46. The lowest BCUT2D eigenvalue weighted by Crippen LogP contribution is -2.75. The van der Waals surface area contributed by atoms with E-state index in [4.69, 9.17) is 11.6 Å². The maximum atomic E-state index is 14.0. The van der Waals surface area contributed by atoms with Crippen LogP contribution in [0.5, 0.6) is 0 Å². The van der Waals surface area contributed by atoms with Crippen LogP contribution in [0, 0.1) is 5.41 Å². The van der Waals surface area contributed by atoms with Crippen molar-refractivity contribution < 1.29 is 14.4 Å². The monoisotopic (exact) mass is 424 g/mol. The summed E-state index contributed by atoms with van der Waals surface area (Å²) < 4.78 is 0. The minimum atomic E-state index is -1.42. The summed E-state index contributed by atoms with van der Waals surface area (Å²) in [5.41, 5.74) is 0.831. The van der Waals surface area contributed by atoms with Crippen molar-refractivity contribution in [3.05, 3.63) is 59.1 Å². The third-order valence-electron chi connectivity index (χ3n) is 6.43. The van der Waals surface area contributed by atoms with E-state index in [0.717, 1.165) is 22.7 Å². The number of anilines is 2. The number of halogens is 1. The number of nitrogens with one attached hydrogen (secondary N) is 1. The first-order valence-electron chi connectivity index (χ1n) is 9.91. The van der Waals surface area contributed by atoms with E-state index < -0.39 is 29.3 Å². The molecule has 8 heteroatoms. The quantitative estimate of drug-likeness (QED) is 0.711. The normalized spacial score (nSPS) is 26.5. The number of barbiturate groups is 1. The van der Waals surface area contributed by atoms with Crippen LogP contribution in [0.1, 0.15) is 5.56 Å². The molecular weight excluding hydrogens is 404 g/mol. The molecule has 0 aromatic heterocycles. The number of fused-ring (bicyclic) bond motifs is 4. The number of para-hydroxylation sites is 2. The SMILES string of the molecule is CN1CCN2c3ccccc3C[C@@]3(C(=O)NC(=O)N(c4ccccc4Cl)C3=O)[C@H]2C1. The van der Waals surface area contributed by atoms with Gasteiger partial charge in [-0.2, -0.15) is 0 Å². The second kappa shape index (κ2) is 6.82. The highest BCUT2D eigenvalue weighted by Gasteiger charge is 2.63. The zero-order valence-corrected chi connectivity index (χ0v) is 17.2. The Kier molecular flexibility index (Phi) is 4.34. The molecule has 4 amide bonds. The Bertz CT molecular complexity index is 1070. The Morgan fingerprint density at radius 3 is 2.47 bits per heavy atom. The summed E-state index contributed by atoms with van der Waals surface area (Å²) in [7, 11) is 1.98. The molecule has 2 atom stereocenters. The summed E-state index contributed by atoms with van der Waals surface area (Å²) in [6.07, 6.45) is 0.233. The standard InChI is InChI=1S/C22H21ClN4O3/c1-25-10-11-26-16-8-4-2-6-14(16)12-22(18(26)13-25)19(28)24-21(30)27(20(22)29)17-9-5-3-7-15(17)23/h2-9,18H,10-13H2,1H3,(H,24,28,30)/t18-,22+/m1/s1. The molecule has 5 rings (SSSR count). The van der Waals surface area contributed by atoms with Crippen LogP contribution in [0.15, 0.2) is 48.5 Å². The van der Waals surface area contributed by atoms with Gasteiger partial charge in [0.05, 0.1) is 16.8 Å². The van der Waals surface area contributed by atoms with E-state index in [1.165, 1.54) is 0 Å². The van der Waals surface area contributed by atoms with Crippen molar-refractivity contribution >= 4 is 40.8 Å². The van der Waals surface area contributed by atoms with Gasteiger partial charge in [0, 0.05) is 25.3 Å². The Hall–Kier alpha value is -2.90. The Morgan fingerprint density at radius 2 is 1.70 bits per heavy atom.